The molecule has 0 radical (unpaired) electrons. The van der Waals surface area contributed by atoms with Crippen LogP contribution in [0.1, 0.15) is 22.7 Å². The van der Waals surface area contributed by atoms with Gasteiger partial charge >= 0.3 is 0 Å². The Bertz CT molecular complexity index is 1290. The van der Waals surface area contributed by atoms with Crippen LogP contribution in [0.3, 0.4) is 0 Å². The number of halogens is 1. The van der Waals surface area contributed by atoms with Gasteiger partial charge in [-0.15, -0.1) is 0 Å². The Hall–Kier alpha value is -3.32. The summed E-state index contributed by atoms with van der Waals surface area (Å²) in [6, 6.07) is 23.4. The summed E-state index contributed by atoms with van der Waals surface area (Å²) in [5.41, 5.74) is 2.23. The van der Waals surface area contributed by atoms with E-state index in [9.17, 15) is 13.7 Å². The molecule has 0 amide bonds. The molecule has 30 heavy (non-hydrogen) atoms. The largest absolute Gasteiger partial charge is 0.374 e. The summed E-state index contributed by atoms with van der Waals surface area (Å²) in [7, 11) is -4.04. The first-order valence-electron chi connectivity index (χ1n) is 9.17. The maximum absolute atomic E-state index is 13.8. The van der Waals surface area contributed by atoms with E-state index in [-0.39, 0.29) is 11.3 Å². The van der Waals surface area contributed by atoms with Gasteiger partial charge in [0.05, 0.1) is 34.3 Å². The topological polar surface area (TPSA) is 93.8 Å². The zero-order chi connectivity index (χ0) is 21.4. The van der Waals surface area contributed by atoms with Gasteiger partial charge < -0.3 is 5.32 Å². The molecule has 0 spiro atoms. The molecule has 1 heterocycles. The Morgan fingerprint density at radius 3 is 2.27 bits per heavy atom. The average Bonchev–Trinajstić information content (AvgIpc) is 2.77. The van der Waals surface area contributed by atoms with Crippen LogP contribution in [0.2, 0.25) is 5.02 Å². The molecular formula is C23H16ClN3O2S. The molecular weight excluding hydrogens is 418 g/mol. The van der Waals surface area contributed by atoms with Gasteiger partial charge in [-0.05, 0) is 47.5 Å². The molecule has 3 aromatic carbocycles. The Morgan fingerprint density at radius 2 is 1.63 bits per heavy atom. The van der Waals surface area contributed by atoms with Crippen molar-refractivity contribution in [2.24, 2.45) is 0 Å². The lowest BCUT2D eigenvalue weighted by Gasteiger charge is -2.40. The van der Waals surface area contributed by atoms with Crippen LogP contribution in [0.4, 0.5) is 5.69 Å². The number of hydrogen-bond acceptors (Lipinski definition) is 5. The standard InChI is InChI=1S/C23H16ClN3O2S/c24-19-11-9-18(10-12-19)22-23(15-26,13-16-5-7-17(14-25)8-6-16)30(28,29)21-4-2-1-3-20(21)27-22/h1-12,22,27H,13H2. The van der Waals surface area contributed by atoms with Crippen LogP contribution in [-0.2, 0) is 16.3 Å². The third-order valence-corrected chi connectivity index (χ3v) is 7.98. The molecule has 4 rings (SSSR count). The lowest BCUT2D eigenvalue weighted by Crippen LogP contribution is -2.51. The first-order valence-corrected chi connectivity index (χ1v) is 11.0. The predicted octanol–water partition coefficient (Wildman–Crippen LogP) is 4.66. The number of para-hydroxylation sites is 1. The van der Waals surface area contributed by atoms with E-state index in [0.29, 0.717) is 27.4 Å². The molecule has 0 fully saturated rings. The number of nitrogens with zero attached hydrogens (tertiary/aromatic N) is 2. The second-order valence-electron chi connectivity index (χ2n) is 7.12. The highest BCUT2D eigenvalue weighted by Crippen LogP contribution is 2.47. The fourth-order valence-electron chi connectivity index (χ4n) is 3.81. The van der Waals surface area contributed by atoms with E-state index in [0.717, 1.165) is 0 Å². The molecule has 0 saturated carbocycles. The minimum atomic E-state index is -4.04. The van der Waals surface area contributed by atoms with Crippen LogP contribution in [0.5, 0.6) is 0 Å². The SMILES string of the molecule is N#Cc1ccc(CC2(C#N)C(c3ccc(Cl)cc3)Nc3ccccc3S2(=O)=O)cc1. The molecule has 148 valence electrons. The van der Waals surface area contributed by atoms with Gasteiger partial charge in [0.2, 0.25) is 9.84 Å². The van der Waals surface area contributed by atoms with Gasteiger partial charge in [0.15, 0.2) is 4.75 Å². The Morgan fingerprint density at radius 1 is 0.967 bits per heavy atom. The molecule has 5 nitrogen and oxygen atoms in total. The zero-order valence-electron chi connectivity index (χ0n) is 15.7. The number of nitrogens with one attached hydrogen (secondary N) is 1. The van der Waals surface area contributed by atoms with Gasteiger partial charge in [-0.3, -0.25) is 0 Å². The number of benzene rings is 3. The van der Waals surface area contributed by atoms with Crippen molar-refractivity contribution in [1.82, 2.24) is 0 Å². The minimum Gasteiger partial charge on any atom is -0.374 e. The molecule has 0 saturated heterocycles. The van der Waals surface area contributed by atoms with Crippen molar-refractivity contribution in [2.45, 2.75) is 22.1 Å². The number of fused-ring (bicyclic) bond motifs is 1. The Balaban J connectivity index is 1.93. The maximum atomic E-state index is 13.8. The van der Waals surface area contributed by atoms with Gasteiger partial charge in [-0.2, -0.15) is 10.5 Å². The van der Waals surface area contributed by atoms with E-state index >= 15 is 0 Å². The monoisotopic (exact) mass is 433 g/mol. The highest BCUT2D eigenvalue weighted by Gasteiger charge is 2.56. The van der Waals surface area contributed by atoms with Gasteiger partial charge in [0.25, 0.3) is 0 Å². The number of anilines is 1. The number of hydrogen-bond donors (Lipinski definition) is 1. The minimum absolute atomic E-state index is 0.0355. The van der Waals surface area contributed by atoms with E-state index in [1.165, 1.54) is 6.07 Å². The first-order chi connectivity index (χ1) is 14.4. The number of sulfone groups is 1. The molecule has 0 aromatic heterocycles. The summed E-state index contributed by atoms with van der Waals surface area (Å²) in [5, 5.41) is 23.1. The smallest absolute Gasteiger partial charge is 0.202 e. The van der Waals surface area contributed by atoms with Crippen LogP contribution in [-0.4, -0.2) is 13.2 Å². The van der Waals surface area contributed by atoms with Gasteiger partial charge in [0, 0.05) is 11.4 Å². The van der Waals surface area contributed by atoms with Crippen LogP contribution in [0.15, 0.2) is 77.7 Å². The summed E-state index contributed by atoms with van der Waals surface area (Å²) in [5.74, 6) is 0. The van der Waals surface area contributed by atoms with Crippen molar-refractivity contribution in [3.8, 4) is 12.1 Å². The maximum Gasteiger partial charge on any atom is 0.202 e. The Kier molecular flexibility index (Phi) is 4.99. The third kappa shape index (κ3) is 3.11. The van der Waals surface area contributed by atoms with Crippen LogP contribution in [0.25, 0.3) is 0 Å². The van der Waals surface area contributed by atoms with Crippen molar-refractivity contribution >= 4 is 27.1 Å². The molecule has 2 atom stereocenters. The summed E-state index contributed by atoms with van der Waals surface area (Å²) in [6.45, 7) is 0. The van der Waals surface area contributed by atoms with Gasteiger partial charge in [-0.1, -0.05) is 48.0 Å². The fraction of sp³-hybridized carbons (Fsp3) is 0.130. The predicted molar refractivity (Wildman–Crippen MR) is 115 cm³/mol. The molecule has 3 aromatic rings. The third-order valence-electron chi connectivity index (χ3n) is 5.36. The molecule has 0 bridgehead atoms. The summed E-state index contributed by atoms with van der Waals surface area (Å²) >= 11 is 6.02. The molecule has 0 aliphatic carbocycles. The fourth-order valence-corrected chi connectivity index (χ4v) is 5.99. The second kappa shape index (κ2) is 7.50. The number of nitriles is 2. The van der Waals surface area contributed by atoms with Crippen LogP contribution >= 0.6 is 11.6 Å². The van der Waals surface area contributed by atoms with E-state index in [1.807, 2.05) is 6.07 Å². The van der Waals surface area contributed by atoms with Crippen LogP contribution < -0.4 is 5.32 Å². The normalized spacial score (nSPS) is 21.5. The second-order valence-corrected chi connectivity index (χ2v) is 9.73. The van der Waals surface area contributed by atoms with E-state index in [4.69, 9.17) is 16.9 Å². The Labute approximate surface area is 180 Å². The highest BCUT2D eigenvalue weighted by molar-refractivity contribution is 7.93. The lowest BCUT2D eigenvalue weighted by molar-refractivity contribution is 0.509. The van der Waals surface area contributed by atoms with E-state index in [1.54, 1.807) is 66.7 Å². The molecule has 1 aliphatic heterocycles. The summed E-state index contributed by atoms with van der Waals surface area (Å²) < 4.78 is 25.8. The van der Waals surface area contributed by atoms with Crippen molar-refractivity contribution < 1.29 is 8.42 Å². The molecule has 1 N–H and O–H groups in total. The van der Waals surface area contributed by atoms with Gasteiger partial charge in [0.1, 0.15) is 0 Å². The first kappa shape index (κ1) is 20.0. The molecule has 7 heteroatoms. The zero-order valence-corrected chi connectivity index (χ0v) is 17.3. The van der Waals surface area contributed by atoms with E-state index < -0.39 is 20.6 Å². The average molecular weight is 434 g/mol. The molecule has 1 aliphatic rings. The summed E-state index contributed by atoms with van der Waals surface area (Å²) in [4.78, 5) is 0.102. The quantitative estimate of drug-likeness (QED) is 0.648. The number of rotatable bonds is 3. The van der Waals surface area contributed by atoms with Crippen LogP contribution in [0, 0.1) is 22.7 Å². The highest BCUT2D eigenvalue weighted by atomic mass is 35.5. The van der Waals surface area contributed by atoms with Crippen molar-refractivity contribution in [2.75, 3.05) is 5.32 Å². The lowest BCUT2D eigenvalue weighted by atomic mass is 9.87. The summed E-state index contributed by atoms with van der Waals surface area (Å²) in [6.07, 6.45) is -0.0355. The van der Waals surface area contributed by atoms with Crippen molar-refractivity contribution in [3.63, 3.8) is 0 Å². The molecule has 2 unspecified atom stereocenters. The van der Waals surface area contributed by atoms with E-state index in [2.05, 4.69) is 11.4 Å². The van der Waals surface area contributed by atoms with Gasteiger partial charge in [-0.25, -0.2) is 8.42 Å². The van der Waals surface area contributed by atoms with Crippen molar-refractivity contribution in [1.29, 1.82) is 10.5 Å². The van der Waals surface area contributed by atoms with Crippen molar-refractivity contribution in [3.05, 3.63) is 94.5 Å².